The molecule has 2 aliphatic heterocycles. The zero-order valence-electron chi connectivity index (χ0n) is 27.2. The second-order valence-electron chi connectivity index (χ2n) is 11.8. The van der Waals surface area contributed by atoms with Crippen LogP contribution in [0.25, 0.3) is 17.0 Å². The van der Waals surface area contributed by atoms with Gasteiger partial charge in [-0.1, -0.05) is 37.9 Å². The van der Waals surface area contributed by atoms with Crippen LogP contribution in [-0.2, 0) is 36.8 Å². The van der Waals surface area contributed by atoms with E-state index in [2.05, 4.69) is 16.3 Å². The highest BCUT2D eigenvalue weighted by Crippen LogP contribution is 2.40. The summed E-state index contributed by atoms with van der Waals surface area (Å²) in [4.78, 5) is 68.2. The van der Waals surface area contributed by atoms with E-state index in [1.807, 2.05) is 13.0 Å². The van der Waals surface area contributed by atoms with Crippen LogP contribution in [-0.4, -0.2) is 72.9 Å². The molecule has 1 aromatic carbocycles. The maximum atomic E-state index is 13.7. The number of methoxy groups -OCH3 is 1. The van der Waals surface area contributed by atoms with E-state index in [-0.39, 0.29) is 22.0 Å². The minimum absolute atomic E-state index is 0.0854. The number of nitriles is 1. The predicted molar refractivity (Wildman–Crippen MR) is 177 cm³/mol. The van der Waals surface area contributed by atoms with E-state index in [0.717, 1.165) is 84.9 Å². The molecular weight excluding hydrogens is 608 g/mol. The number of aryl methyl sites for hydroxylation is 3. The van der Waals surface area contributed by atoms with Crippen LogP contribution in [0.2, 0.25) is 0 Å². The Hall–Kier alpha value is -4.11. The molecule has 2 aliphatic rings. The third-order valence-corrected chi connectivity index (χ3v) is 9.66. The van der Waals surface area contributed by atoms with Crippen LogP contribution >= 0.6 is 11.8 Å². The summed E-state index contributed by atoms with van der Waals surface area (Å²) >= 11 is 0.845. The zero-order valence-corrected chi connectivity index (χ0v) is 28.0. The first kappa shape index (κ1) is 34.8. The van der Waals surface area contributed by atoms with Gasteiger partial charge in [0, 0.05) is 49.5 Å². The molecule has 0 radical (unpaired) electrons. The van der Waals surface area contributed by atoms with E-state index in [1.54, 1.807) is 6.92 Å². The monoisotopic (exact) mass is 650 g/mol. The molecule has 0 spiro atoms. The molecule has 3 heterocycles. The van der Waals surface area contributed by atoms with Gasteiger partial charge in [0.05, 0.1) is 12.7 Å². The fourth-order valence-electron chi connectivity index (χ4n) is 6.27. The van der Waals surface area contributed by atoms with Crippen molar-refractivity contribution in [3.8, 4) is 6.07 Å². The number of amides is 2. The number of nitrogens with one attached hydrogen (secondary N) is 1. The lowest BCUT2D eigenvalue weighted by Gasteiger charge is -2.37. The Labute approximate surface area is 273 Å². The van der Waals surface area contributed by atoms with Gasteiger partial charge in [-0.25, -0.2) is 9.59 Å². The van der Waals surface area contributed by atoms with Gasteiger partial charge in [0.1, 0.15) is 29.3 Å². The number of nitrogens with zero attached hydrogens (tertiary/aromatic N) is 3. The third-order valence-electron chi connectivity index (χ3n) is 8.77. The van der Waals surface area contributed by atoms with Crippen molar-refractivity contribution in [2.24, 2.45) is 0 Å². The number of hydrogen-bond acceptors (Lipinski definition) is 10. The largest absolute Gasteiger partial charge is 0.467 e. The summed E-state index contributed by atoms with van der Waals surface area (Å²) < 4.78 is 10.8. The number of carbonyl (C=O) groups is 4. The van der Waals surface area contributed by atoms with Crippen LogP contribution in [0.5, 0.6) is 0 Å². The molecular formula is C34H42N4O7S. The predicted octanol–water partition coefficient (Wildman–Crippen LogP) is 4.05. The topological polar surface area (TPSA) is 150 Å². The van der Waals surface area contributed by atoms with Gasteiger partial charge in [0.15, 0.2) is 5.12 Å². The molecule has 0 saturated heterocycles. The number of fused-ring (bicyclic) bond motifs is 2. The second-order valence-corrected chi connectivity index (χ2v) is 13.0. The Morgan fingerprint density at radius 2 is 1.93 bits per heavy atom. The summed E-state index contributed by atoms with van der Waals surface area (Å²) in [6.45, 7) is 7.09. The molecule has 2 amide bonds. The van der Waals surface area contributed by atoms with Crippen LogP contribution in [0.1, 0.15) is 74.6 Å². The van der Waals surface area contributed by atoms with Crippen LogP contribution in [0.15, 0.2) is 20.9 Å². The quantitative estimate of drug-likeness (QED) is 0.117. The molecule has 2 atom stereocenters. The number of hydrogen-bond donors (Lipinski definition) is 1. The van der Waals surface area contributed by atoms with Gasteiger partial charge in [-0.3, -0.25) is 14.4 Å². The van der Waals surface area contributed by atoms with E-state index in [4.69, 9.17) is 9.15 Å². The Morgan fingerprint density at radius 3 is 2.59 bits per heavy atom. The third kappa shape index (κ3) is 7.47. The highest BCUT2D eigenvalue weighted by molar-refractivity contribution is 8.13. The molecule has 0 unspecified atom stereocenters. The van der Waals surface area contributed by atoms with E-state index in [0.29, 0.717) is 24.0 Å². The minimum Gasteiger partial charge on any atom is -0.467 e. The van der Waals surface area contributed by atoms with Crippen molar-refractivity contribution in [2.45, 2.75) is 84.2 Å². The van der Waals surface area contributed by atoms with Crippen molar-refractivity contribution < 1.29 is 28.3 Å². The van der Waals surface area contributed by atoms with E-state index < -0.39 is 35.5 Å². The van der Waals surface area contributed by atoms with Gasteiger partial charge < -0.3 is 24.3 Å². The van der Waals surface area contributed by atoms with Gasteiger partial charge in [-0.2, -0.15) is 5.26 Å². The van der Waals surface area contributed by atoms with Gasteiger partial charge in [-0.15, -0.1) is 0 Å². The Bertz CT molecular complexity index is 1660. The molecule has 0 saturated carbocycles. The molecule has 1 aromatic heterocycles. The molecule has 0 bridgehead atoms. The van der Waals surface area contributed by atoms with Crippen LogP contribution in [0.3, 0.4) is 0 Å². The zero-order chi connectivity index (χ0) is 33.5. The molecule has 1 N–H and O–H groups in total. The highest BCUT2D eigenvalue weighted by Gasteiger charge is 2.33. The molecule has 2 aromatic rings. The Balaban J connectivity index is 1.68. The van der Waals surface area contributed by atoms with E-state index in [9.17, 15) is 29.2 Å². The number of likely N-dealkylation sites (N-methyl/N-ethyl adjacent to an activating group) is 1. The summed E-state index contributed by atoms with van der Waals surface area (Å²) in [5.74, 6) is -2.20. The SMILES string of the molecule is CCCCC[C@H](NC(=O)[C@H](CSC(C)=O)N(C)C(=O)/C(C#N)=C/c1c(C)c2cc3c4c(c2oc1=O)CCCN4CCC3)C(=O)OC. The maximum absolute atomic E-state index is 13.7. The number of benzene rings is 1. The summed E-state index contributed by atoms with van der Waals surface area (Å²) in [5.41, 5.74) is 3.60. The first-order valence-electron chi connectivity index (χ1n) is 15.8. The van der Waals surface area contributed by atoms with E-state index in [1.165, 1.54) is 32.7 Å². The van der Waals surface area contributed by atoms with Crippen molar-refractivity contribution >= 4 is 57.4 Å². The molecule has 46 heavy (non-hydrogen) atoms. The first-order valence-corrected chi connectivity index (χ1v) is 16.8. The number of rotatable bonds is 12. The molecule has 246 valence electrons. The van der Waals surface area contributed by atoms with E-state index >= 15 is 0 Å². The number of anilines is 1. The average molecular weight is 651 g/mol. The molecule has 0 aliphatic carbocycles. The van der Waals surface area contributed by atoms with Crippen LogP contribution in [0, 0.1) is 18.3 Å². The van der Waals surface area contributed by atoms with Gasteiger partial charge in [-0.05, 0) is 62.3 Å². The number of thioether (sulfide) groups is 1. The molecule has 11 nitrogen and oxygen atoms in total. The van der Waals surface area contributed by atoms with Gasteiger partial charge in [0.2, 0.25) is 5.91 Å². The van der Waals surface area contributed by atoms with Crippen LogP contribution < -0.4 is 15.8 Å². The Kier molecular flexibility index (Phi) is 11.7. The van der Waals surface area contributed by atoms with Crippen LogP contribution in [0.4, 0.5) is 5.69 Å². The lowest BCUT2D eigenvalue weighted by molar-refractivity contribution is -0.146. The van der Waals surface area contributed by atoms with Gasteiger partial charge in [0.25, 0.3) is 5.91 Å². The number of unbranched alkanes of at least 4 members (excludes halogenated alkanes) is 2. The maximum Gasteiger partial charge on any atom is 0.343 e. The Morgan fingerprint density at radius 1 is 1.22 bits per heavy atom. The smallest absolute Gasteiger partial charge is 0.343 e. The molecule has 0 fully saturated rings. The summed E-state index contributed by atoms with van der Waals surface area (Å²) in [6.07, 6.45) is 7.73. The lowest BCUT2D eigenvalue weighted by Crippen LogP contribution is -2.53. The van der Waals surface area contributed by atoms with Crippen molar-refractivity contribution in [1.82, 2.24) is 10.2 Å². The summed E-state index contributed by atoms with van der Waals surface area (Å²) in [6, 6.07) is 1.81. The summed E-state index contributed by atoms with van der Waals surface area (Å²) in [5, 5.41) is 13.2. The van der Waals surface area contributed by atoms with Crippen molar-refractivity contribution in [1.29, 1.82) is 5.26 Å². The number of carbonyl (C=O) groups excluding carboxylic acids is 4. The molecule has 12 heteroatoms. The second kappa shape index (κ2) is 15.5. The average Bonchev–Trinajstić information content (AvgIpc) is 3.04. The van der Waals surface area contributed by atoms with Crippen molar-refractivity contribution in [2.75, 3.05) is 37.9 Å². The normalized spacial score (nSPS) is 15.4. The lowest BCUT2D eigenvalue weighted by atomic mass is 9.88. The fraction of sp³-hybridized carbons (Fsp3) is 0.529. The number of esters is 1. The number of ether oxygens (including phenoxy) is 1. The molecule has 4 rings (SSSR count). The summed E-state index contributed by atoms with van der Waals surface area (Å²) in [7, 11) is 2.58. The minimum atomic E-state index is -1.20. The first-order chi connectivity index (χ1) is 22.0. The van der Waals surface area contributed by atoms with Crippen molar-refractivity contribution in [3.05, 3.63) is 44.3 Å². The standard InChI is InChI=1S/C34H42N4O7S/c1-6-7-8-13-27(34(43)44-5)36-31(40)28(19-46-21(3)39)37(4)32(41)23(18-35)17-26-20(2)25-16-22-11-9-14-38-15-10-12-24(29(22)38)30(25)45-33(26)42/h16-17,27-28H,6-15,19H2,1-5H3,(H,36,40)/b23-17+/t27-,28-/m0/s1. The van der Waals surface area contributed by atoms with Gasteiger partial charge >= 0.3 is 11.6 Å². The highest BCUT2D eigenvalue weighted by atomic mass is 32.2. The fourth-order valence-corrected chi connectivity index (χ4v) is 7.04. The van der Waals surface area contributed by atoms with Crippen molar-refractivity contribution in [3.63, 3.8) is 0 Å².